The molecule has 7 heteroatoms. The van der Waals surface area contributed by atoms with Crippen molar-refractivity contribution in [1.82, 2.24) is 9.80 Å². The summed E-state index contributed by atoms with van der Waals surface area (Å²) in [6.45, 7) is 3.01. The van der Waals surface area contributed by atoms with Crippen LogP contribution in [0.5, 0.6) is 5.75 Å². The highest BCUT2D eigenvalue weighted by Gasteiger charge is 2.26. The van der Waals surface area contributed by atoms with Gasteiger partial charge in [0.1, 0.15) is 5.75 Å². The minimum absolute atomic E-state index is 0. The van der Waals surface area contributed by atoms with Gasteiger partial charge >= 0.3 is 5.97 Å². The second-order valence-corrected chi connectivity index (χ2v) is 5.98. The number of rotatable bonds is 6. The van der Waals surface area contributed by atoms with Gasteiger partial charge in [0, 0.05) is 32.6 Å². The predicted octanol–water partition coefficient (Wildman–Crippen LogP) is 1.52. The molecule has 24 heavy (non-hydrogen) atoms. The van der Waals surface area contributed by atoms with E-state index in [2.05, 4.69) is 4.90 Å². The number of amides is 1. The summed E-state index contributed by atoms with van der Waals surface area (Å²) >= 11 is 0. The Balaban J connectivity index is 0.00000288. The molecule has 1 saturated heterocycles. The van der Waals surface area contributed by atoms with Crippen LogP contribution >= 0.6 is 12.4 Å². The molecule has 1 heterocycles. The Morgan fingerprint density at radius 2 is 1.75 bits per heavy atom. The molecule has 1 aromatic rings. The van der Waals surface area contributed by atoms with Crippen molar-refractivity contribution in [2.75, 3.05) is 40.3 Å². The number of hydrogen-bond donors (Lipinski definition) is 1. The van der Waals surface area contributed by atoms with Gasteiger partial charge in [0.25, 0.3) is 0 Å². The zero-order chi connectivity index (χ0) is 16.8. The molecule has 0 radical (unpaired) electrons. The molecular weight excluding hydrogens is 332 g/mol. The summed E-state index contributed by atoms with van der Waals surface area (Å²) in [4.78, 5) is 27.8. The van der Waals surface area contributed by atoms with Gasteiger partial charge in [0.15, 0.2) is 0 Å². The van der Waals surface area contributed by atoms with E-state index in [0.29, 0.717) is 19.5 Å². The molecule has 0 unspecified atom stereocenters. The van der Waals surface area contributed by atoms with E-state index in [4.69, 9.17) is 4.74 Å². The Labute approximate surface area is 148 Å². The first-order valence-electron chi connectivity index (χ1n) is 7.81. The van der Waals surface area contributed by atoms with Crippen LogP contribution in [0.25, 0.3) is 0 Å². The first kappa shape index (κ1) is 20.3. The predicted molar refractivity (Wildman–Crippen MR) is 93.8 cm³/mol. The van der Waals surface area contributed by atoms with E-state index < -0.39 is 11.9 Å². The molecule has 1 aliphatic heterocycles. The van der Waals surface area contributed by atoms with Crippen LogP contribution in [0.15, 0.2) is 24.3 Å². The number of methoxy groups -OCH3 is 1. The average molecular weight is 357 g/mol. The smallest absolute Gasteiger partial charge is 0.307 e. The van der Waals surface area contributed by atoms with E-state index in [1.54, 1.807) is 24.1 Å². The van der Waals surface area contributed by atoms with Gasteiger partial charge < -0.3 is 19.6 Å². The molecule has 2 rings (SSSR count). The lowest BCUT2D eigenvalue weighted by Gasteiger charge is -2.33. The summed E-state index contributed by atoms with van der Waals surface area (Å²) in [7, 11) is 3.61. The van der Waals surface area contributed by atoms with E-state index in [-0.39, 0.29) is 24.7 Å². The third kappa shape index (κ3) is 5.69. The number of nitrogens with zero attached hydrogens (tertiary/aromatic N) is 2. The lowest BCUT2D eigenvalue weighted by molar-refractivity contribution is -0.146. The zero-order valence-corrected chi connectivity index (χ0v) is 14.9. The van der Waals surface area contributed by atoms with Crippen LogP contribution < -0.4 is 4.74 Å². The first-order valence-corrected chi connectivity index (χ1v) is 7.81. The SMILES string of the molecule is COc1ccc(C[C@H](CC(=O)N2CCN(C)CC2)C(=O)O)cc1.Cl. The Kier molecular flexibility index (Phi) is 8.01. The number of carbonyl (C=O) groups is 2. The van der Waals surface area contributed by atoms with Crippen molar-refractivity contribution in [3.05, 3.63) is 29.8 Å². The summed E-state index contributed by atoms with van der Waals surface area (Å²) in [6, 6.07) is 7.29. The summed E-state index contributed by atoms with van der Waals surface area (Å²) in [5, 5.41) is 9.42. The fraction of sp³-hybridized carbons (Fsp3) is 0.529. The molecular formula is C17H25ClN2O4. The standard InChI is InChI=1S/C17H24N2O4.ClH/c1-18-7-9-19(10-8-18)16(20)12-14(17(21)22)11-13-3-5-15(23-2)6-4-13;/h3-6,14H,7-12H2,1-2H3,(H,21,22);1H/t14-;/m1./s1. The minimum atomic E-state index is -0.928. The molecule has 0 aromatic heterocycles. The molecule has 0 aliphatic carbocycles. The zero-order valence-electron chi connectivity index (χ0n) is 14.1. The van der Waals surface area contributed by atoms with Crippen LogP contribution in [0.2, 0.25) is 0 Å². The van der Waals surface area contributed by atoms with Crippen molar-refractivity contribution in [3.63, 3.8) is 0 Å². The topological polar surface area (TPSA) is 70.1 Å². The Morgan fingerprint density at radius 1 is 1.17 bits per heavy atom. The lowest BCUT2D eigenvalue weighted by atomic mass is 9.95. The number of carboxylic acids is 1. The highest BCUT2D eigenvalue weighted by atomic mass is 35.5. The quantitative estimate of drug-likeness (QED) is 0.837. The fourth-order valence-corrected chi connectivity index (χ4v) is 2.69. The van der Waals surface area contributed by atoms with Crippen LogP contribution in [0, 0.1) is 5.92 Å². The van der Waals surface area contributed by atoms with Gasteiger partial charge in [0.2, 0.25) is 5.91 Å². The number of halogens is 1. The van der Waals surface area contributed by atoms with Crippen molar-refractivity contribution in [1.29, 1.82) is 0 Å². The molecule has 134 valence electrons. The van der Waals surface area contributed by atoms with E-state index in [1.807, 2.05) is 19.2 Å². The maximum atomic E-state index is 12.3. The van der Waals surface area contributed by atoms with Crippen molar-refractivity contribution < 1.29 is 19.4 Å². The van der Waals surface area contributed by atoms with Gasteiger partial charge in [-0.05, 0) is 31.2 Å². The molecule has 1 N–H and O–H groups in total. The first-order chi connectivity index (χ1) is 11.0. The second kappa shape index (κ2) is 9.49. The highest BCUT2D eigenvalue weighted by molar-refractivity contribution is 5.85. The number of aliphatic carboxylic acids is 1. The molecule has 6 nitrogen and oxygen atoms in total. The highest BCUT2D eigenvalue weighted by Crippen LogP contribution is 2.18. The average Bonchev–Trinajstić information content (AvgIpc) is 2.55. The maximum Gasteiger partial charge on any atom is 0.307 e. The number of likely N-dealkylation sites (N-methyl/N-ethyl adjacent to an activating group) is 1. The molecule has 0 bridgehead atoms. The summed E-state index contributed by atoms with van der Waals surface area (Å²) in [5.74, 6) is -0.966. The summed E-state index contributed by atoms with van der Waals surface area (Å²) in [6.07, 6.45) is 0.393. The summed E-state index contributed by atoms with van der Waals surface area (Å²) in [5.41, 5.74) is 0.893. The summed E-state index contributed by atoms with van der Waals surface area (Å²) < 4.78 is 5.09. The van der Waals surface area contributed by atoms with Gasteiger partial charge in [0.05, 0.1) is 13.0 Å². The van der Waals surface area contributed by atoms with Gasteiger partial charge in [-0.15, -0.1) is 12.4 Å². The van der Waals surface area contributed by atoms with Crippen LogP contribution in [-0.4, -0.2) is 67.1 Å². The molecule has 1 fully saturated rings. The van der Waals surface area contributed by atoms with E-state index >= 15 is 0 Å². The largest absolute Gasteiger partial charge is 0.497 e. The van der Waals surface area contributed by atoms with Crippen LogP contribution in [0.4, 0.5) is 0 Å². The van der Waals surface area contributed by atoms with Gasteiger partial charge in [-0.3, -0.25) is 9.59 Å². The van der Waals surface area contributed by atoms with E-state index in [0.717, 1.165) is 24.4 Å². The van der Waals surface area contributed by atoms with Crippen LogP contribution in [-0.2, 0) is 16.0 Å². The number of piperazine rings is 1. The van der Waals surface area contributed by atoms with Crippen LogP contribution in [0.1, 0.15) is 12.0 Å². The number of hydrogen-bond acceptors (Lipinski definition) is 4. The van der Waals surface area contributed by atoms with Gasteiger partial charge in [-0.2, -0.15) is 0 Å². The van der Waals surface area contributed by atoms with Crippen molar-refractivity contribution in [2.45, 2.75) is 12.8 Å². The van der Waals surface area contributed by atoms with Crippen molar-refractivity contribution in [2.24, 2.45) is 5.92 Å². The third-order valence-corrected chi connectivity index (χ3v) is 4.27. The van der Waals surface area contributed by atoms with Crippen molar-refractivity contribution in [3.8, 4) is 5.75 Å². The number of benzene rings is 1. The molecule has 1 aliphatic rings. The van der Waals surface area contributed by atoms with Crippen molar-refractivity contribution >= 4 is 24.3 Å². The number of ether oxygens (including phenoxy) is 1. The normalized spacial score (nSPS) is 16.2. The third-order valence-electron chi connectivity index (χ3n) is 4.27. The van der Waals surface area contributed by atoms with Gasteiger partial charge in [-0.1, -0.05) is 12.1 Å². The molecule has 0 spiro atoms. The monoisotopic (exact) mass is 356 g/mol. The molecule has 1 amide bonds. The Bertz CT molecular complexity index is 542. The Morgan fingerprint density at radius 3 is 2.25 bits per heavy atom. The minimum Gasteiger partial charge on any atom is -0.497 e. The van der Waals surface area contributed by atoms with E-state index in [1.165, 1.54) is 0 Å². The number of carbonyl (C=O) groups excluding carboxylic acids is 1. The number of carboxylic acid groups (broad SMARTS) is 1. The van der Waals surface area contributed by atoms with Gasteiger partial charge in [-0.25, -0.2) is 0 Å². The Hall–Kier alpha value is -1.79. The molecule has 1 aromatic carbocycles. The molecule has 1 atom stereocenters. The van der Waals surface area contributed by atoms with E-state index in [9.17, 15) is 14.7 Å². The second-order valence-electron chi connectivity index (χ2n) is 5.98. The molecule has 0 saturated carbocycles. The maximum absolute atomic E-state index is 12.3. The lowest BCUT2D eigenvalue weighted by Crippen LogP contribution is -2.47. The fourth-order valence-electron chi connectivity index (χ4n) is 2.69. The van der Waals surface area contributed by atoms with Crippen LogP contribution in [0.3, 0.4) is 0 Å².